The minimum absolute atomic E-state index is 0.0315. The summed E-state index contributed by atoms with van der Waals surface area (Å²) in [6, 6.07) is -0.726. The van der Waals surface area contributed by atoms with Gasteiger partial charge in [-0.25, -0.2) is 0 Å². The van der Waals surface area contributed by atoms with Crippen molar-refractivity contribution in [3.63, 3.8) is 0 Å². The first-order chi connectivity index (χ1) is 8.88. The van der Waals surface area contributed by atoms with Crippen LogP contribution in [0.15, 0.2) is 0 Å². The highest BCUT2D eigenvalue weighted by Gasteiger charge is 2.39. The van der Waals surface area contributed by atoms with Crippen LogP contribution in [-0.4, -0.2) is 42.0 Å². The molecule has 0 aromatic heterocycles. The number of nitrogens with zero attached hydrogens (tertiary/aromatic N) is 1. The third kappa shape index (κ3) is 3.39. The van der Waals surface area contributed by atoms with Crippen LogP contribution in [0.1, 0.15) is 32.1 Å². The first kappa shape index (κ1) is 14.1. The van der Waals surface area contributed by atoms with Gasteiger partial charge in [-0.2, -0.15) is 13.2 Å². The van der Waals surface area contributed by atoms with Crippen LogP contribution < -0.4 is 5.32 Å². The van der Waals surface area contributed by atoms with E-state index >= 15 is 0 Å². The zero-order valence-electron chi connectivity index (χ0n) is 10.5. The summed E-state index contributed by atoms with van der Waals surface area (Å²) in [4.78, 5) is 25.3. The zero-order chi connectivity index (χ0) is 14.0. The molecule has 2 aliphatic rings. The Bertz CT molecular complexity index is 366. The molecule has 0 bridgehead atoms. The van der Waals surface area contributed by atoms with Gasteiger partial charge in [-0.05, 0) is 25.7 Å². The van der Waals surface area contributed by atoms with Gasteiger partial charge < -0.3 is 10.2 Å². The summed E-state index contributed by atoms with van der Waals surface area (Å²) in [5, 5.41) is 1.87. The summed E-state index contributed by atoms with van der Waals surface area (Å²) >= 11 is 0. The molecule has 2 amide bonds. The first-order valence-electron chi connectivity index (χ1n) is 6.53. The molecule has 19 heavy (non-hydrogen) atoms. The van der Waals surface area contributed by atoms with E-state index in [2.05, 4.69) is 0 Å². The lowest BCUT2D eigenvalue weighted by Crippen LogP contribution is -2.50. The average molecular weight is 278 g/mol. The molecule has 1 N–H and O–H groups in total. The van der Waals surface area contributed by atoms with E-state index in [-0.39, 0.29) is 11.8 Å². The highest BCUT2D eigenvalue weighted by atomic mass is 19.4. The van der Waals surface area contributed by atoms with Gasteiger partial charge in [0.1, 0.15) is 12.6 Å². The number of halogens is 3. The number of nitrogens with one attached hydrogen (secondary N) is 1. The van der Waals surface area contributed by atoms with Gasteiger partial charge in [0.25, 0.3) is 0 Å². The minimum Gasteiger partial charge on any atom is -0.345 e. The van der Waals surface area contributed by atoms with E-state index in [0.717, 1.165) is 19.3 Å². The normalized spacial score (nSPS) is 24.2. The molecule has 0 spiro atoms. The van der Waals surface area contributed by atoms with E-state index in [1.807, 2.05) is 5.32 Å². The molecular weight excluding hydrogens is 261 g/mol. The predicted molar refractivity (Wildman–Crippen MR) is 61.1 cm³/mol. The van der Waals surface area contributed by atoms with Crippen molar-refractivity contribution in [1.29, 1.82) is 0 Å². The SMILES string of the molecule is O=C(NCC(F)(F)F)[C@@H]1CCCN1C(=O)C1CCC1. The molecule has 1 saturated heterocycles. The van der Waals surface area contributed by atoms with Gasteiger partial charge in [-0.15, -0.1) is 0 Å². The molecule has 0 radical (unpaired) electrons. The molecule has 1 heterocycles. The number of carbonyl (C=O) groups is 2. The molecule has 0 unspecified atom stereocenters. The molecule has 108 valence electrons. The van der Waals surface area contributed by atoms with Gasteiger partial charge in [-0.1, -0.05) is 6.42 Å². The third-order valence-corrected chi connectivity index (χ3v) is 3.76. The van der Waals surface area contributed by atoms with Crippen molar-refractivity contribution in [3.05, 3.63) is 0 Å². The van der Waals surface area contributed by atoms with Crippen molar-refractivity contribution < 1.29 is 22.8 Å². The highest BCUT2D eigenvalue weighted by molar-refractivity contribution is 5.89. The second-order valence-corrected chi connectivity index (χ2v) is 5.15. The van der Waals surface area contributed by atoms with Crippen molar-refractivity contribution in [1.82, 2.24) is 10.2 Å². The van der Waals surface area contributed by atoms with Crippen molar-refractivity contribution in [2.75, 3.05) is 13.1 Å². The predicted octanol–water partition coefficient (Wildman–Crippen LogP) is 1.46. The van der Waals surface area contributed by atoms with Crippen LogP contribution >= 0.6 is 0 Å². The number of likely N-dealkylation sites (tertiary alicyclic amines) is 1. The fraction of sp³-hybridized carbons (Fsp3) is 0.833. The Morgan fingerprint density at radius 1 is 1.16 bits per heavy atom. The number of hydrogen-bond donors (Lipinski definition) is 1. The Kier molecular flexibility index (Phi) is 4.01. The molecule has 7 heteroatoms. The Labute approximate surface area is 109 Å². The molecule has 1 aliphatic heterocycles. The summed E-state index contributed by atoms with van der Waals surface area (Å²) in [6.07, 6.45) is -0.643. The van der Waals surface area contributed by atoms with Crippen LogP contribution in [-0.2, 0) is 9.59 Å². The Hall–Kier alpha value is -1.27. The Morgan fingerprint density at radius 3 is 2.37 bits per heavy atom. The fourth-order valence-corrected chi connectivity index (χ4v) is 2.50. The van der Waals surface area contributed by atoms with E-state index in [1.54, 1.807) is 0 Å². The van der Waals surface area contributed by atoms with Crippen LogP contribution in [0.5, 0.6) is 0 Å². The standard InChI is InChI=1S/C12H17F3N2O2/c13-12(14,15)7-16-10(18)9-5-2-6-17(9)11(19)8-3-1-4-8/h8-9H,1-7H2,(H,16,18)/t9-/m0/s1. The molecule has 1 aliphatic carbocycles. The summed E-state index contributed by atoms with van der Waals surface area (Å²) in [6.45, 7) is -0.868. The molecule has 1 atom stereocenters. The number of alkyl halides is 3. The van der Waals surface area contributed by atoms with Crippen LogP contribution in [0.25, 0.3) is 0 Å². The highest BCUT2D eigenvalue weighted by Crippen LogP contribution is 2.31. The zero-order valence-corrected chi connectivity index (χ0v) is 10.5. The summed E-state index contributed by atoms with van der Waals surface area (Å²) in [5.41, 5.74) is 0. The molecule has 2 rings (SSSR count). The monoisotopic (exact) mass is 278 g/mol. The van der Waals surface area contributed by atoms with Crippen LogP contribution in [0.2, 0.25) is 0 Å². The second-order valence-electron chi connectivity index (χ2n) is 5.15. The molecule has 0 aromatic carbocycles. The maximum atomic E-state index is 12.1. The van der Waals surface area contributed by atoms with Crippen molar-refractivity contribution in [2.24, 2.45) is 5.92 Å². The first-order valence-corrected chi connectivity index (χ1v) is 6.53. The Balaban J connectivity index is 1.90. The van der Waals surface area contributed by atoms with Crippen molar-refractivity contribution >= 4 is 11.8 Å². The second kappa shape index (κ2) is 5.38. The molecule has 2 fully saturated rings. The van der Waals surface area contributed by atoms with Crippen molar-refractivity contribution in [2.45, 2.75) is 44.3 Å². The largest absolute Gasteiger partial charge is 0.405 e. The van der Waals surface area contributed by atoms with Crippen LogP contribution in [0.4, 0.5) is 13.2 Å². The topological polar surface area (TPSA) is 49.4 Å². The van der Waals surface area contributed by atoms with Crippen molar-refractivity contribution in [3.8, 4) is 0 Å². The summed E-state index contributed by atoms with van der Waals surface area (Å²) < 4.78 is 36.2. The molecular formula is C12H17F3N2O2. The summed E-state index contributed by atoms with van der Waals surface area (Å²) in [5.74, 6) is -0.797. The fourth-order valence-electron chi connectivity index (χ4n) is 2.50. The number of hydrogen-bond acceptors (Lipinski definition) is 2. The maximum Gasteiger partial charge on any atom is 0.405 e. The maximum absolute atomic E-state index is 12.1. The smallest absolute Gasteiger partial charge is 0.345 e. The summed E-state index contributed by atoms with van der Waals surface area (Å²) in [7, 11) is 0. The third-order valence-electron chi connectivity index (χ3n) is 3.76. The van der Waals surface area contributed by atoms with Gasteiger partial charge in [0.05, 0.1) is 0 Å². The van der Waals surface area contributed by atoms with Gasteiger partial charge in [0.2, 0.25) is 11.8 Å². The number of rotatable bonds is 3. The van der Waals surface area contributed by atoms with Gasteiger partial charge in [0, 0.05) is 12.5 Å². The van der Waals surface area contributed by atoms with E-state index < -0.39 is 24.7 Å². The number of carbonyl (C=O) groups excluding carboxylic acids is 2. The van der Waals surface area contributed by atoms with Crippen LogP contribution in [0.3, 0.4) is 0 Å². The van der Waals surface area contributed by atoms with E-state index in [4.69, 9.17) is 0 Å². The molecule has 0 aromatic rings. The lowest BCUT2D eigenvalue weighted by atomic mass is 9.84. The van der Waals surface area contributed by atoms with Gasteiger partial charge in [-0.3, -0.25) is 9.59 Å². The molecule has 1 saturated carbocycles. The van der Waals surface area contributed by atoms with Gasteiger partial charge >= 0.3 is 6.18 Å². The minimum atomic E-state index is -4.42. The van der Waals surface area contributed by atoms with Crippen LogP contribution in [0, 0.1) is 5.92 Å². The lowest BCUT2D eigenvalue weighted by molar-refractivity contribution is -0.147. The molecule has 4 nitrogen and oxygen atoms in total. The average Bonchev–Trinajstić information content (AvgIpc) is 2.71. The Morgan fingerprint density at radius 2 is 1.84 bits per heavy atom. The van der Waals surface area contributed by atoms with Gasteiger partial charge in [0.15, 0.2) is 0 Å². The quantitative estimate of drug-likeness (QED) is 0.849. The number of amides is 2. The van der Waals surface area contributed by atoms with E-state index in [1.165, 1.54) is 4.90 Å². The van der Waals surface area contributed by atoms with E-state index in [9.17, 15) is 22.8 Å². The lowest BCUT2D eigenvalue weighted by Gasteiger charge is -2.32. The van der Waals surface area contributed by atoms with E-state index in [0.29, 0.717) is 19.4 Å².